The van der Waals surface area contributed by atoms with Crippen LogP contribution in [0.4, 0.5) is 0 Å². The molecular formula is C19H20N2O2. The van der Waals surface area contributed by atoms with E-state index in [0.29, 0.717) is 12.4 Å². The Balaban J connectivity index is 2.56. The van der Waals surface area contributed by atoms with Gasteiger partial charge in [-0.2, -0.15) is 5.26 Å². The zero-order valence-electron chi connectivity index (χ0n) is 13.4. The summed E-state index contributed by atoms with van der Waals surface area (Å²) in [6, 6.07) is 13.7. The molecule has 2 aromatic carbocycles. The standard InChI is InChI=1S/C19H20N2O2/c1-3-4-11-23-18-10-9-14-7-5-6-8-16(14)17(18)12-15(13-20)19(22)21-2/h5-10,12H,3-4,11H2,1-2H3,(H,21,22). The van der Waals surface area contributed by atoms with Crippen LogP contribution in [0.15, 0.2) is 42.0 Å². The molecule has 2 rings (SSSR count). The molecular weight excluding hydrogens is 288 g/mol. The maximum absolute atomic E-state index is 11.8. The molecule has 0 fully saturated rings. The minimum atomic E-state index is -0.403. The van der Waals surface area contributed by atoms with Crippen LogP contribution in [0.25, 0.3) is 16.8 Å². The summed E-state index contributed by atoms with van der Waals surface area (Å²) >= 11 is 0. The molecule has 0 aromatic heterocycles. The van der Waals surface area contributed by atoms with Gasteiger partial charge in [0.25, 0.3) is 5.91 Å². The maximum atomic E-state index is 11.8. The van der Waals surface area contributed by atoms with E-state index in [9.17, 15) is 10.1 Å². The minimum Gasteiger partial charge on any atom is -0.493 e. The van der Waals surface area contributed by atoms with Crippen LogP contribution in [0.1, 0.15) is 25.3 Å². The van der Waals surface area contributed by atoms with Crippen molar-refractivity contribution in [1.29, 1.82) is 5.26 Å². The van der Waals surface area contributed by atoms with E-state index in [1.165, 1.54) is 7.05 Å². The van der Waals surface area contributed by atoms with Gasteiger partial charge in [0, 0.05) is 12.6 Å². The molecule has 118 valence electrons. The molecule has 0 spiro atoms. The fourth-order valence-electron chi connectivity index (χ4n) is 2.30. The largest absolute Gasteiger partial charge is 0.493 e. The fourth-order valence-corrected chi connectivity index (χ4v) is 2.30. The quantitative estimate of drug-likeness (QED) is 0.503. The molecule has 23 heavy (non-hydrogen) atoms. The molecule has 0 saturated carbocycles. The molecule has 4 heteroatoms. The number of hydrogen-bond donors (Lipinski definition) is 1. The summed E-state index contributed by atoms with van der Waals surface area (Å²) in [7, 11) is 1.51. The highest BCUT2D eigenvalue weighted by Gasteiger charge is 2.12. The molecule has 0 saturated heterocycles. The summed E-state index contributed by atoms with van der Waals surface area (Å²) in [6.07, 6.45) is 3.60. The van der Waals surface area contributed by atoms with Crippen LogP contribution in [0.5, 0.6) is 5.75 Å². The van der Waals surface area contributed by atoms with Gasteiger partial charge in [0.15, 0.2) is 0 Å². The van der Waals surface area contributed by atoms with E-state index in [4.69, 9.17) is 4.74 Å². The van der Waals surface area contributed by atoms with Crippen molar-refractivity contribution >= 4 is 22.8 Å². The second-order valence-corrected chi connectivity index (χ2v) is 5.15. The number of hydrogen-bond acceptors (Lipinski definition) is 3. The third-order valence-corrected chi connectivity index (χ3v) is 3.57. The first-order valence-corrected chi connectivity index (χ1v) is 7.69. The molecule has 4 nitrogen and oxygen atoms in total. The molecule has 0 radical (unpaired) electrons. The Bertz CT molecular complexity index is 773. The Labute approximate surface area is 136 Å². The molecule has 0 bridgehead atoms. The second-order valence-electron chi connectivity index (χ2n) is 5.15. The molecule has 1 amide bonds. The maximum Gasteiger partial charge on any atom is 0.261 e. The van der Waals surface area contributed by atoms with Crippen molar-refractivity contribution in [3.63, 3.8) is 0 Å². The summed E-state index contributed by atoms with van der Waals surface area (Å²) in [4.78, 5) is 11.8. The van der Waals surface area contributed by atoms with Gasteiger partial charge in [-0.3, -0.25) is 4.79 Å². The van der Waals surface area contributed by atoms with Crippen LogP contribution in [-0.2, 0) is 4.79 Å². The zero-order chi connectivity index (χ0) is 16.7. The van der Waals surface area contributed by atoms with Crippen LogP contribution in [-0.4, -0.2) is 19.6 Å². The van der Waals surface area contributed by atoms with E-state index in [1.807, 2.05) is 42.5 Å². The Kier molecular flexibility index (Phi) is 5.76. The monoisotopic (exact) mass is 308 g/mol. The molecule has 2 aromatic rings. The second kappa shape index (κ2) is 8.00. The molecule has 0 atom stereocenters. The van der Waals surface area contributed by atoms with Crippen molar-refractivity contribution in [2.45, 2.75) is 19.8 Å². The van der Waals surface area contributed by atoms with Gasteiger partial charge < -0.3 is 10.1 Å². The summed E-state index contributed by atoms with van der Waals surface area (Å²) in [5.74, 6) is 0.286. The number of amides is 1. The van der Waals surface area contributed by atoms with Gasteiger partial charge in [-0.15, -0.1) is 0 Å². The van der Waals surface area contributed by atoms with Crippen LogP contribution >= 0.6 is 0 Å². The lowest BCUT2D eigenvalue weighted by Gasteiger charge is -2.12. The smallest absolute Gasteiger partial charge is 0.261 e. The van der Waals surface area contributed by atoms with E-state index in [0.717, 1.165) is 29.2 Å². The van der Waals surface area contributed by atoms with Gasteiger partial charge in [-0.25, -0.2) is 0 Å². The molecule has 0 aliphatic carbocycles. The van der Waals surface area contributed by atoms with Crippen LogP contribution in [0.3, 0.4) is 0 Å². The average molecular weight is 308 g/mol. The molecule has 0 heterocycles. The highest BCUT2D eigenvalue weighted by atomic mass is 16.5. The third kappa shape index (κ3) is 3.89. The van der Waals surface area contributed by atoms with Gasteiger partial charge in [0.1, 0.15) is 17.4 Å². The van der Waals surface area contributed by atoms with E-state index in [2.05, 4.69) is 12.2 Å². The fraction of sp³-hybridized carbons (Fsp3) is 0.263. The molecule has 0 aliphatic heterocycles. The normalized spacial score (nSPS) is 11.1. The summed E-state index contributed by atoms with van der Waals surface area (Å²) in [5.41, 5.74) is 0.823. The summed E-state index contributed by atoms with van der Waals surface area (Å²) in [5, 5.41) is 13.7. The lowest BCUT2D eigenvalue weighted by Crippen LogP contribution is -2.19. The number of benzene rings is 2. The first-order valence-electron chi connectivity index (χ1n) is 7.69. The van der Waals surface area contributed by atoms with E-state index in [1.54, 1.807) is 6.08 Å². The lowest BCUT2D eigenvalue weighted by atomic mass is 10.0. The van der Waals surface area contributed by atoms with Crippen molar-refractivity contribution in [1.82, 2.24) is 5.32 Å². The van der Waals surface area contributed by atoms with Gasteiger partial charge in [0.2, 0.25) is 0 Å². The van der Waals surface area contributed by atoms with E-state index < -0.39 is 5.91 Å². The van der Waals surface area contributed by atoms with Gasteiger partial charge in [0.05, 0.1) is 6.61 Å². The minimum absolute atomic E-state index is 0.0594. The average Bonchev–Trinajstić information content (AvgIpc) is 2.60. The number of rotatable bonds is 6. The number of nitriles is 1. The highest BCUT2D eigenvalue weighted by Crippen LogP contribution is 2.30. The number of likely N-dealkylation sites (N-methyl/N-ethyl adjacent to an activating group) is 1. The summed E-state index contributed by atoms with van der Waals surface area (Å²) in [6.45, 7) is 2.71. The van der Waals surface area contributed by atoms with Crippen molar-refractivity contribution < 1.29 is 9.53 Å². The number of ether oxygens (including phenoxy) is 1. The van der Waals surface area contributed by atoms with E-state index in [-0.39, 0.29) is 5.57 Å². The predicted molar refractivity (Wildman–Crippen MR) is 92.0 cm³/mol. The highest BCUT2D eigenvalue weighted by molar-refractivity contribution is 6.04. The van der Waals surface area contributed by atoms with Crippen LogP contribution in [0.2, 0.25) is 0 Å². The van der Waals surface area contributed by atoms with E-state index >= 15 is 0 Å². The predicted octanol–water partition coefficient (Wildman–Crippen LogP) is 3.67. The topological polar surface area (TPSA) is 62.1 Å². The number of carbonyl (C=O) groups is 1. The first kappa shape index (κ1) is 16.6. The van der Waals surface area contributed by atoms with Crippen molar-refractivity contribution in [3.05, 3.63) is 47.5 Å². The molecule has 0 unspecified atom stereocenters. The number of carbonyl (C=O) groups excluding carboxylic acids is 1. The third-order valence-electron chi connectivity index (χ3n) is 3.57. The van der Waals surface area contributed by atoms with Gasteiger partial charge in [-0.05, 0) is 29.3 Å². The molecule has 1 N–H and O–H groups in total. The van der Waals surface area contributed by atoms with Crippen molar-refractivity contribution in [3.8, 4) is 11.8 Å². The number of fused-ring (bicyclic) bond motifs is 1. The molecule has 0 aliphatic rings. The Morgan fingerprint density at radius 3 is 2.78 bits per heavy atom. The summed E-state index contributed by atoms with van der Waals surface area (Å²) < 4.78 is 5.86. The number of nitrogens with one attached hydrogen (secondary N) is 1. The number of nitrogens with zero attached hydrogens (tertiary/aromatic N) is 1. The van der Waals surface area contributed by atoms with Crippen LogP contribution in [0, 0.1) is 11.3 Å². The van der Waals surface area contributed by atoms with Gasteiger partial charge in [-0.1, -0.05) is 43.7 Å². The number of unbranched alkanes of at least 4 members (excludes halogenated alkanes) is 1. The Morgan fingerprint density at radius 2 is 2.09 bits per heavy atom. The van der Waals surface area contributed by atoms with Crippen LogP contribution < -0.4 is 10.1 Å². The SMILES string of the molecule is CCCCOc1ccc2ccccc2c1C=C(C#N)C(=O)NC. The lowest BCUT2D eigenvalue weighted by molar-refractivity contribution is -0.116. The Morgan fingerprint density at radius 1 is 1.30 bits per heavy atom. The van der Waals surface area contributed by atoms with Gasteiger partial charge >= 0.3 is 0 Å². The van der Waals surface area contributed by atoms with Crippen molar-refractivity contribution in [2.24, 2.45) is 0 Å². The Hall–Kier alpha value is -2.80. The van der Waals surface area contributed by atoms with Crippen molar-refractivity contribution in [2.75, 3.05) is 13.7 Å². The first-order chi connectivity index (χ1) is 11.2. The zero-order valence-corrected chi connectivity index (χ0v) is 13.4.